The summed E-state index contributed by atoms with van der Waals surface area (Å²) >= 11 is 6.65. The summed E-state index contributed by atoms with van der Waals surface area (Å²) in [5, 5.41) is 5.32. The Hall–Kier alpha value is -2.32. The van der Waals surface area contributed by atoms with Gasteiger partial charge in [0.25, 0.3) is 5.91 Å². The first kappa shape index (κ1) is 19.0. The van der Waals surface area contributed by atoms with E-state index in [2.05, 4.69) is 10.6 Å². The van der Waals surface area contributed by atoms with Gasteiger partial charge in [0.05, 0.1) is 13.4 Å². The van der Waals surface area contributed by atoms with Crippen LogP contribution in [0.5, 0.6) is 0 Å². The number of ether oxygens (including phenoxy) is 1. The summed E-state index contributed by atoms with van der Waals surface area (Å²) in [7, 11) is 1.31. The molecule has 2 rings (SSSR count). The summed E-state index contributed by atoms with van der Waals surface area (Å²) in [6.07, 6.45) is 1.39. The molecule has 6 nitrogen and oxygen atoms in total. The number of hydrogen-bond acceptors (Lipinski definition) is 6. The lowest BCUT2D eigenvalue weighted by molar-refractivity contribution is -0.142. The SMILES string of the molecule is COC(=O)C(CSCc1ccccc1)NC(=S)NC(=O)c1ccco1. The Morgan fingerprint density at radius 2 is 2.00 bits per heavy atom. The number of methoxy groups -OCH3 is 1. The predicted octanol–water partition coefficient (Wildman–Crippen LogP) is 2.36. The molecule has 132 valence electrons. The van der Waals surface area contributed by atoms with Gasteiger partial charge in [-0.3, -0.25) is 10.1 Å². The molecule has 0 radical (unpaired) electrons. The lowest BCUT2D eigenvalue weighted by Crippen LogP contribution is -2.49. The molecule has 1 aromatic heterocycles. The molecule has 0 spiro atoms. The fraction of sp³-hybridized carbons (Fsp3) is 0.235. The van der Waals surface area contributed by atoms with Crippen LogP contribution in [0.15, 0.2) is 53.1 Å². The first-order valence-electron chi connectivity index (χ1n) is 7.45. The van der Waals surface area contributed by atoms with E-state index in [1.54, 1.807) is 17.8 Å². The molecule has 1 heterocycles. The molecular weight excluding hydrogens is 360 g/mol. The molecule has 1 amide bonds. The highest BCUT2D eigenvalue weighted by atomic mass is 32.2. The van der Waals surface area contributed by atoms with Crippen LogP contribution in [0.25, 0.3) is 0 Å². The number of rotatable bonds is 7. The standard InChI is InChI=1S/C17H18N2O4S2/c1-22-16(21)13(11-25-10-12-6-3-2-4-7-12)18-17(24)19-15(20)14-8-5-9-23-14/h2-9,13H,10-11H2,1H3,(H2,18,19,20,24). The Balaban J connectivity index is 1.85. The van der Waals surface area contributed by atoms with Crippen molar-refractivity contribution < 1.29 is 18.7 Å². The van der Waals surface area contributed by atoms with E-state index in [0.29, 0.717) is 5.75 Å². The van der Waals surface area contributed by atoms with Gasteiger partial charge in [0.1, 0.15) is 6.04 Å². The minimum Gasteiger partial charge on any atom is -0.467 e. The Labute approximate surface area is 155 Å². The molecule has 1 aromatic carbocycles. The number of benzene rings is 1. The van der Waals surface area contributed by atoms with E-state index in [-0.39, 0.29) is 10.9 Å². The molecule has 0 aliphatic heterocycles. The van der Waals surface area contributed by atoms with Gasteiger partial charge in [0.2, 0.25) is 0 Å². The first-order valence-corrected chi connectivity index (χ1v) is 9.01. The van der Waals surface area contributed by atoms with Crippen molar-refractivity contribution in [3.63, 3.8) is 0 Å². The fourth-order valence-electron chi connectivity index (χ4n) is 1.95. The normalized spacial score (nSPS) is 11.4. The summed E-state index contributed by atoms with van der Waals surface area (Å²) < 4.78 is 9.78. The number of esters is 1. The van der Waals surface area contributed by atoms with Crippen molar-refractivity contribution in [2.75, 3.05) is 12.9 Å². The van der Waals surface area contributed by atoms with Gasteiger partial charge < -0.3 is 14.5 Å². The topological polar surface area (TPSA) is 80.6 Å². The van der Waals surface area contributed by atoms with Gasteiger partial charge in [-0.15, -0.1) is 0 Å². The van der Waals surface area contributed by atoms with Crippen molar-refractivity contribution in [2.24, 2.45) is 0 Å². The predicted molar refractivity (Wildman–Crippen MR) is 100 cm³/mol. The van der Waals surface area contributed by atoms with Crippen molar-refractivity contribution >= 4 is 41.0 Å². The van der Waals surface area contributed by atoms with E-state index in [1.807, 2.05) is 30.3 Å². The monoisotopic (exact) mass is 378 g/mol. The zero-order chi connectivity index (χ0) is 18.1. The van der Waals surface area contributed by atoms with Crippen molar-refractivity contribution in [3.8, 4) is 0 Å². The van der Waals surface area contributed by atoms with Crippen LogP contribution in [0, 0.1) is 0 Å². The molecule has 1 unspecified atom stereocenters. The lowest BCUT2D eigenvalue weighted by Gasteiger charge is -2.18. The average Bonchev–Trinajstić information content (AvgIpc) is 3.16. The summed E-state index contributed by atoms with van der Waals surface area (Å²) in [6.45, 7) is 0. The number of furan rings is 1. The van der Waals surface area contributed by atoms with Crippen LogP contribution in [0.3, 0.4) is 0 Å². The number of amides is 1. The van der Waals surface area contributed by atoms with Gasteiger partial charge in [0, 0.05) is 11.5 Å². The van der Waals surface area contributed by atoms with Gasteiger partial charge in [-0.1, -0.05) is 30.3 Å². The highest BCUT2D eigenvalue weighted by Gasteiger charge is 2.21. The fourth-order valence-corrected chi connectivity index (χ4v) is 3.18. The molecule has 0 saturated carbocycles. The van der Waals surface area contributed by atoms with E-state index in [0.717, 1.165) is 11.3 Å². The number of carbonyl (C=O) groups excluding carboxylic acids is 2. The molecule has 2 N–H and O–H groups in total. The van der Waals surface area contributed by atoms with Crippen molar-refractivity contribution in [3.05, 3.63) is 60.1 Å². The third kappa shape index (κ3) is 6.24. The molecule has 2 aromatic rings. The quantitative estimate of drug-likeness (QED) is 0.565. The highest BCUT2D eigenvalue weighted by Crippen LogP contribution is 2.13. The second-order valence-electron chi connectivity index (χ2n) is 4.98. The Bertz CT molecular complexity index is 705. The number of nitrogens with one attached hydrogen (secondary N) is 2. The van der Waals surface area contributed by atoms with Crippen LogP contribution in [-0.4, -0.2) is 35.9 Å². The maximum absolute atomic E-state index is 11.9. The lowest BCUT2D eigenvalue weighted by atomic mass is 10.2. The van der Waals surface area contributed by atoms with Crippen LogP contribution in [0.4, 0.5) is 0 Å². The zero-order valence-electron chi connectivity index (χ0n) is 13.6. The van der Waals surface area contributed by atoms with Gasteiger partial charge in [0.15, 0.2) is 10.9 Å². The van der Waals surface area contributed by atoms with E-state index >= 15 is 0 Å². The van der Waals surface area contributed by atoms with Gasteiger partial charge in [-0.25, -0.2) is 4.79 Å². The average molecular weight is 378 g/mol. The van der Waals surface area contributed by atoms with Crippen LogP contribution < -0.4 is 10.6 Å². The molecule has 0 fully saturated rings. The number of thiocarbonyl (C=S) groups is 1. The molecular formula is C17H18N2O4S2. The summed E-state index contributed by atoms with van der Waals surface area (Å²) in [5.74, 6) is 0.398. The summed E-state index contributed by atoms with van der Waals surface area (Å²) in [6, 6.07) is 12.4. The largest absolute Gasteiger partial charge is 0.467 e. The minimum atomic E-state index is -0.664. The van der Waals surface area contributed by atoms with Crippen LogP contribution in [0.1, 0.15) is 16.1 Å². The highest BCUT2D eigenvalue weighted by molar-refractivity contribution is 7.98. The third-order valence-corrected chi connectivity index (χ3v) is 4.49. The van der Waals surface area contributed by atoms with E-state index in [4.69, 9.17) is 21.4 Å². The Kier molecular flexibility index (Phi) is 7.49. The number of carbonyl (C=O) groups is 2. The van der Waals surface area contributed by atoms with Crippen molar-refractivity contribution in [1.29, 1.82) is 0 Å². The van der Waals surface area contributed by atoms with Gasteiger partial charge in [-0.2, -0.15) is 11.8 Å². The Morgan fingerprint density at radius 3 is 2.64 bits per heavy atom. The van der Waals surface area contributed by atoms with Crippen LogP contribution >= 0.6 is 24.0 Å². The second-order valence-corrected chi connectivity index (χ2v) is 6.42. The summed E-state index contributed by atoms with van der Waals surface area (Å²) in [4.78, 5) is 23.8. The molecule has 0 bridgehead atoms. The molecule has 8 heteroatoms. The molecule has 0 saturated heterocycles. The number of hydrogen-bond donors (Lipinski definition) is 2. The Morgan fingerprint density at radius 1 is 1.24 bits per heavy atom. The molecule has 1 atom stereocenters. The van der Waals surface area contributed by atoms with E-state index in [1.165, 1.54) is 19.4 Å². The second kappa shape index (κ2) is 9.85. The third-order valence-electron chi connectivity index (χ3n) is 3.16. The molecule has 0 aliphatic carbocycles. The summed E-state index contributed by atoms with van der Waals surface area (Å²) in [5.41, 5.74) is 1.16. The van der Waals surface area contributed by atoms with Crippen LogP contribution in [0.2, 0.25) is 0 Å². The molecule has 25 heavy (non-hydrogen) atoms. The van der Waals surface area contributed by atoms with Crippen LogP contribution in [-0.2, 0) is 15.3 Å². The van der Waals surface area contributed by atoms with Gasteiger partial charge >= 0.3 is 5.97 Å². The molecule has 0 aliphatic rings. The first-order chi connectivity index (χ1) is 12.1. The van der Waals surface area contributed by atoms with Gasteiger partial charge in [-0.05, 0) is 29.9 Å². The van der Waals surface area contributed by atoms with E-state index < -0.39 is 17.9 Å². The smallest absolute Gasteiger partial charge is 0.329 e. The van der Waals surface area contributed by atoms with E-state index in [9.17, 15) is 9.59 Å². The minimum absolute atomic E-state index is 0.0390. The zero-order valence-corrected chi connectivity index (χ0v) is 15.2. The maximum Gasteiger partial charge on any atom is 0.329 e. The maximum atomic E-state index is 11.9. The number of thioether (sulfide) groups is 1. The van der Waals surface area contributed by atoms with Crippen molar-refractivity contribution in [2.45, 2.75) is 11.8 Å². The van der Waals surface area contributed by atoms with Crippen molar-refractivity contribution in [1.82, 2.24) is 10.6 Å².